The Kier molecular flexibility index (Phi) is 4.00. The van der Waals surface area contributed by atoms with Gasteiger partial charge in [0, 0.05) is 13.1 Å². The van der Waals surface area contributed by atoms with Crippen LogP contribution in [0.1, 0.15) is 24.5 Å². The topological polar surface area (TPSA) is 111 Å². The summed E-state index contributed by atoms with van der Waals surface area (Å²) in [5.41, 5.74) is 0.670. The van der Waals surface area contributed by atoms with Gasteiger partial charge in [0.2, 0.25) is 10.0 Å². The largest absolute Gasteiger partial charge is 0.447 e. The molecule has 2 aromatic heterocycles. The minimum absolute atomic E-state index is 0.280. The average molecular weight is 398 g/mol. The molecule has 0 aromatic carbocycles. The molecule has 4 heterocycles. The fourth-order valence-electron chi connectivity index (χ4n) is 3.41. The number of aromatic nitrogens is 4. The maximum atomic E-state index is 12.2. The van der Waals surface area contributed by atoms with Crippen LogP contribution in [0.4, 0.5) is 10.6 Å². The summed E-state index contributed by atoms with van der Waals surface area (Å²) in [6.07, 6.45) is 0.712. The van der Waals surface area contributed by atoms with Crippen LogP contribution in [0, 0.1) is 6.92 Å². The van der Waals surface area contributed by atoms with Gasteiger partial charge in [-0.3, -0.25) is 4.90 Å². The third-order valence-corrected chi connectivity index (χ3v) is 6.67. The van der Waals surface area contributed by atoms with Crippen LogP contribution in [0.15, 0.2) is 0 Å². The quantitative estimate of drug-likeness (QED) is 0.758. The molecule has 2 aliphatic rings. The van der Waals surface area contributed by atoms with E-state index in [-0.39, 0.29) is 6.61 Å². The fraction of sp³-hybridized carbons (Fsp3) is 0.571. The number of fused-ring (bicyclic) bond motifs is 1. The Morgan fingerprint density at radius 2 is 2.00 bits per heavy atom. The van der Waals surface area contributed by atoms with Gasteiger partial charge in [-0.2, -0.15) is 8.68 Å². The van der Waals surface area contributed by atoms with Crippen molar-refractivity contribution in [1.29, 1.82) is 0 Å². The Bertz CT molecular complexity index is 982. The van der Waals surface area contributed by atoms with Crippen LogP contribution >= 0.6 is 11.5 Å². The molecule has 1 amide bonds. The summed E-state index contributed by atoms with van der Waals surface area (Å²) in [4.78, 5) is 22.6. The van der Waals surface area contributed by atoms with Crippen LogP contribution in [0.25, 0.3) is 10.8 Å². The second-order valence-corrected chi connectivity index (χ2v) is 8.95. The van der Waals surface area contributed by atoms with E-state index < -0.39 is 22.2 Å². The number of imidazole rings is 1. The van der Waals surface area contributed by atoms with Crippen LogP contribution in [0.2, 0.25) is 0 Å². The smallest absolute Gasteiger partial charge is 0.415 e. The summed E-state index contributed by atoms with van der Waals surface area (Å²) in [6.45, 7) is 5.01. The summed E-state index contributed by atoms with van der Waals surface area (Å²) < 4.78 is 36.9. The Labute approximate surface area is 154 Å². The highest BCUT2D eigenvalue weighted by atomic mass is 32.2. The molecule has 1 atom stereocenters. The number of sulfonamides is 1. The first-order valence-electron chi connectivity index (χ1n) is 8.09. The van der Waals surface area contributed by atoms with Crippen LogP contribution in [-0.2, 0) is 21.3 Å². The Morgan fingerprint density at radius 3 is 2.58 bits per heavy atom. The lowest BCUT2D eigenvalue weighted by Crippen LogP contribution is -2.41. The number of ether oxygens (including phenoxy) is 1. The second kappa shape index (κ2) is 5.99. The van der Waals surface area contributed by atoms with E-state index in [2.05, 4.69) is 14.3 Å². The van der Waals surface area contributed by atoms with Crippen molar-refractivity contribution >= 4 is 33.5 Å². The van der Waals surface area contributed by atoms with E-state index in [1.807, 2.05) is 4.57 Å². The molecule has 0 saturated carbocycles. The van der Waals surface area contributed by atoms with Crippen molar-refractivity contribution < 1.29 is 17.9 Å². The zero-order valence-electron chi connectivity index (χ0n) is 14.5. The molecule has 0 spiro atoms. The lowest BCUT2D eigenvalue weighted by atomic mass is 10.2. The van der Waals surface area contributed by atoms with Gasteiger partial charge in [0.1, 0.15) is 12.4 Å². The van der Waals surface area contributed by atoms with Gasteiger partial charge in [-0.15, -0.1) is 0 Å². The average Bonchev–Trinajstić information content (AvgIpc) is 3.24. The highest BCUT2D eigenvalue weighted by Gasteiger charge is 2.39. The number of hydrogen-bond acceptors (Lipinski definition) is 8. The molecule has 10 nitrogen and oxygen atoms in total. The van der Waals surface area contributed by atoms with Gasteiger partial charge >= 0.3 is 6.09 Å². The summed E-state index contributed by atoms with van der Waals surface area (Å²) in [5, 5.41) is 0.641. The second-order valence-electron chi connectivity index (χ2n) is 6.26. The zero-order chi connectivity index (χ0) is 18.6. The molecular weight excluding hydrogens is 380 g/mol. The molecule has 26 heavy (non-hydrogen) atoms. The maximum absolute atomic E-state index is 12.2. The number of amides is 1. The van der Waals surface area contributed by atoms with Crippen LogP contribution < -0.4 is 4.90 Å². The number of anilines is 1. The number of carbonyl (C=O) groups is 1. The van der Waals surface area contributed by atoms with Crippen LogP contribution in [-0.4, -0.2) is 63.7 Å². The van der Waals surface area contributed by atoms with Crippen molar-refractivity contribution in [2.75, 3.05) is 30.9 Å². The van der Waals surface area contributed by atoms with Gasteiger partial charge < -0.3 is 9.30 Å². The molecule has 140 valence electrons. The number of nitrogens with zero attached hydrogens (tertiary/aromatic N) is 6. The highest BCUT2D eigenvalue weighted by Crippen LogP contribution is 2.39. The van der Waals surface area contributed by atoms with Crippen molar-refractivity contribution in [3.63, 3.8) is 0 Å². The molecule has 0 unspecified atom stereocenters. The Balaban J connectivity index is 1.89. The fourth-order valence-corrected chi connectivity index (χ4v) is 5.17. The van der Waals surface area contributed by atoms with E-state index >= 15 is 0 Å². The van der Waals surface area contributed by atoms with Gasteiger partial charge in [-0.05, 0) is 25.4 Å². The molecule has 0 N–H and O–H groups in total. The minimum Gasteiger partial charge on any atom is -0.447 e. The van der Waals surface area contributed by atoms with Gasteiger partial charge in [0.05, 0.1) is 24.5 Å². The van der Waals surface area contributed by atoms with Gasteiger partial charge in [-0.1, -0.05) is 0 Å². The molecule has 2 aromatic rings. The van der Waals surface area contributed by atoms with Crippen LogP contribution in [0.3, 0.4) is 0 Å². The number of hydrogen-bond donors (Lipinski definition) is 0. The molecule has 1 fully saturated rings. The van der Waals surface area contributed by atoms with Gasteiger partial charge in [0.25, 0.3) is 0 Å². The molecule has 0 bridgehead atoms. The van der Waals surface area contributed by atoms with Gasteiger partial charge in [-0.25, -0.2) is 23.2 Å². The van der Waals surface area contributed by atoms with E-state index in [0.29, 0.717) is 47.8 Å². The number of aryl methyl sites for hydroxylation is 1. The van der Waals surface area contributed by atoms with Crippen LogP contribution in [0.5, 0.6) is 0 Å². The summed E-state index contributed by atoms with van der Waals surface area (Å²) in [5.74, 6) is 1.67. The maximum Gasteiger partial charge on any atom is 0.415 e. The first-order valence-corrected chi connectivity index (χ1v) is 10.7. The molecule has 0 aliphatic carbocycles. The predicted molar refractivity (Wildman–Crippen MR) is 94.5 cm³/mol. The lowest BCUT2D eigenvalue weighted by molar-refractivity contribution is 0.181. The SMILES string of the molecule is Cc1nsc(-c2nc(N3CCOC3=O)c3n2CCN(S(C)(=O)=O)[C@@H]3C)n1. The predicted octanol–water partition coefficient (Wildman–Crippen LogP) is 1.00. The van der Waals surface area contributed by atoms with E-state index in [1.54, 1.807) is 13.8 Å². The zero-order valence-corrected chi connectivity index (χ0v) is 16.2. The Morgan fingerprint density at radius 1 is 1.23 bits per heavy atom. The van der Waals surface area contributed by atoms with Crippen molar-refractivity contribution in [1.82, 2.24) is 23.2 Å². The monoisotopic (exact) mass is 398 g/mol. The molecule has 4 rings (SSSR count). The highest BCUT2D eigenvalue weighted by molar-refractivity contribution is 7.88. The summed E-state index contributed by atoms with van der Waals surface area (Å²) in [6, 6.07) is -0.461. The number of rotatable bonds is 3. The molecule has 12 heteroatoms. The summed E-state index contributed by atoms with van der Waals surface area (Å²) >= 11 is 1.23. The minimum atomic E-state index is -3.39. The Hall–Kier alpha value is -2.05. The van der Waals surface area contributed by atoms with E-state index in [1.165, 1.54) is 27.0 Å². The number of cyclic esters (lactones) is 1. The molecule has 0 radical (unpaired) electrons. The third kappa shape index (κ3) is 2.68. The van der Waals surface area contributed by atoms with Crippen molar-refractivity contribution in [3.8, 4) is 10.8 Å². The normalized spacial score (nSPS) is 21.1. The standard InChI is InChI=1S/C14H18N6O4S2/c1-8-10-11(19-6-7-24-14(19)21)16-12(13-15-9(2)17-25-13)18(10)4-5-20(8)26(3,22)23/h8H,4-7H2,1-3H3/t8-/m1/s1. The van der Waals surface area contributed by atoms with Crippen molar-refractivity contribution in [3.05, 3.63) is 11.5 Å². The van der Waals surface area contributed by atoms with Gasteiger partial charge in [0.15, 0.2) is 16.6 Å². The van der Waals surface area contributed by atoms with E-state index in [0.717, 1.165) is 0 Å². The van der Waals surface area contributed by atoms with E-state index in [9.17, 15) is 13.2 Å². The first-order chi connectivity index (χ1) is 12.3. The number of carbonyl (C=O) groups excluding carboxylic acids is 1. The lowest BCUT2D eigenvalue weighted by Gasteiger charge is -2.33. The molecule has 1 saturated heterocycles. The van der Waals surface area contributed by atoms with E-state index in [4.69, 9.17) is 4.74 Å². The third-order valence-electron chi connectivity index (χ3n) is 4.52. The summed E-state index contributed by atoms with van der Waals surface area (Å²) in [7, 11) is -3.39. The first kappa shape index (κ1) is 17.4. The molecule has 2 aliphatic heterocycles. The molecular formula is C14H18N6O4S2. The van der Waals surface area contributed by atoms with Crippen molar-refractivity contribution in [2.24, 2.45) is 0 Å². The van der Waals surface area contributed by atoms with Crippen molar-refractivity contribution in [2.45, 2.75) is 26.4 Å².